The molecule has 1 atom stereocenters. The van der Waals surface area contributed by atoms with Gasteiger partial charge >= 0.3 is 161 Å². The van der Waals surface area contributed by atoms with Crippen LogP contribution in [0.25, 0.3) is 10.7 Å². The molecule has 0 bridgehead atoms. The number of carbonyl (C=O) groups is 1. The Hall–Kier alpha value is -2.18. The van der Waals surface area contributed by atoms with Gasteiger partial charge in [0.05, 0.1) is 0 Å². The van der Waals surface area contributed by atoms with E-state index < -0.39 is 25.9 Å². The van der Waals surface area contributed by atoms with Gasteiger partial charge in [0.2, 0.25) is 0 Å². The predicted molar refractivity (Wildman–Crippen MR) is 100 cm³/mol. The summed E-state index contributed by atoms with van der Waals surface area (Å²) < 4.78 is 14.5. The number of hydrogen-bond donors (Lipinski definition) is 1. The summed E-state index contributed by atoms with van der Waals surface area (Å²) in [5, 5.41) is 9.23. The van der Waals surface area contributed by atoms with Gasteiger partial charge in [0.15, 0.2) is 0 Å². The van der Waals surface area contributed by atoms with Crippen molar-refractivity contribution >= 4 is 37.5 Å². The molecule has 0 aliphatic rings. The monoisotopic (exact) mass is 433 g/mol. The van der Waals surface area contributed by atoms with E-state index in [2.05, 4.69) is 20.2 Å². The number of carbonyl (C=O) groups excluding carboxylic acids is 1. The Morgan fingerprint density at radius 1 is 1.27 bits per heavy atom. The van der Waals surface area contributed by atoms with Crippen LogP contribution in [0, 0.1) is 5.82 Å². The fourth-order valence-corrected chi connectivity index (χ4v) is 5.84. The molecule has 0 spiro atoms. The molecule has 1 unspecified atom stereocenters. The van der Waals surface area contributed by atoms with Crippen molar-refractivity contribution in [3.05, 3.63) is 53.0 Å². The molecule has 2 N–H and O–H groups in total. The van der Waals surface area contributed by atoms with Crippen LogP contribution in [-0.2, 0) is 15.4 Å². The first-order valence-corrected chi connectivity index (χ1v) is 10.7. The van der Waals surface area contributed by atoms with E-state index >= 15 is 0 Å². The maximum absolute atomic E-state index is 14.0. The van der Waals surface area contributed by atoms with Crippen LogP contribution in [0.5, 0.6) is 0 Å². The van der Waals surface area contributed by atoms with E-state index in [0.29, 0.717) is 16.4 Å². The molecule has 0 aromatic carbocycles. The zero-order valence-corrected chi connectivity index (χ0v) is 17.1. The van der Waals surface area contributed by atoms with Crippen LogP contribution < -0.4 is 10.2 Å². The molecule has 0 aliphatic heterocycles. The second-order valence-corrected chi connectivity index (χ2v) is 11.5. The van der Waals surface area contributed by atoms with Crippen LogP contribution in [-0.4, -0.2) is 41.8 Å². The minimum absolute atomic E-state index is 0.166. The standard InChI is InChI=1S/C17H17AsFN5OS/c1-17(2,15-11(19)4-3-7-21-15)18-13-6-5-12(23-24-13)16-22-9-10(26-16)8-14(20)25/h3-7,9,18H,8H2,1-2H3,(H2,20,25). The van der Waals surface area contributed by atoms with Crippen molar-refractivity contribution < 1.29 is 9.18 Å². The van der Waals surface area contributed by atoms with E-state index in [1.54, 1.807) is 18.5 Å². The summed E-state index contributed by atoms with van der Waals surface area (Å²) in [5.74, 6) is -0.688. The Kier molecular flexibility index (Phi) is 5.43. The predicted octanol–water partition coefficient (Wildman–Crippen LogP) is 1.16. The molecule has 0 saturated heterocycles. The summed E-state index contributed by atoms with van der Waals surface area (Å²) in [6.45, 7) is 3.95. The van der Waals surface area contributed by atoms with E-state index in [0.717, 1.165) is 9.36 Å². The van der Waals surface area contributed by atoms with Crippen LogP contribution in [0.1, 0.15) is 24.4 Å². The summed E-state index contributed by atoms with van der Waals surface area (Å²) in [6, 6.07) is 6.77. The van der Waals surface area contributed by atoms with Gasteiger partial charge in [-0.05, 0) is 0 Å². The van der Waals surface area contributed by atoms with Crippen molar-refractivity contribution in [2.45, 2.75) is 24.5 Å². The molecular weight excluding hydrogens is 416 g/mol. The van der Waals surface area contributed by atoms with Gasteiger partial charge < -0.3 is 0 Å². The number of aromatic nitrogens is 4. The number of pyridine rings is 1. The van der Waals surface area contributed by atoms with E-state index in [-0.39, 0.29) is 12.2 Å². The first kappa shape index (κ1) is 18.6. The quantitative estimate of drug-likeness (QED) is 0.589. The zero-order valence-electron chi connectivity index (χ0n) is 14.2. The number of primary amides is 1. The van der Waals surface area contributed by atoms with E-state index in [9.17, 15) is 9.18 Å². The van der Waals surface area contributed by atoms with Gasteiger partial charge in [0.1, 0.15) is 0 Å². The third-order valence-electron chi connectivity index (χ3n) is 3.58. The maximum atomic E-state index is 14.0. The van der Waals surface area contributed by atoms with Crippen molar-refractivity contribution in [3.63, 3.8) is 0 Å². The molecule has 0 fully saturated rings. The second kappa shape index (κ2) is 7.59. The summed E-state index contributed by atoms with van der Waals surface area (Å²) in [5.41, 5.74) is 6.30. The molecule has 26 heavy (non-hydrogen) atoms. The fraction of sp³-hybridized carbons (Fsp3) is 0.235. The van der Waals surface area contributed by atoms with Gasteiger partial charge in [-0.25, -0.2) is 0 Å². The fourth-order valence-electron chi connectivity index (χ4n) is 2.42. The Morgan fingerprint density at radius 2 is 2.08 bits per heavy atom. The molecule has 0 aliphatic carbocycles. The van der Waals surface area contributed by atoms with Crippen molar-refractivity contribution in [1.29, 1.82) is 0 Å². The zero-order chi connectivity index (χ0) is 18.7. The van der Waals surface area contributed by atoms with Gasteiger partial charge in [0, 0.05) is 0 Å². The number of halogens is 1. The van der Waals surface area contributed by atoms with Crippen LogP contribution in [0.3, 0.4) is 0 Å². The van der Waals surface area contributed by atoms with Crippen LogP contribution >= 0.6 is 11.3 Å². The molecule has 3 aromatic heterocycles. The average molecular weight is 433 g/mol. The van der Waals surface area contributed by atoms with Crippen molar-refractivity contribution in [2.75, 3.05) is 0 Å². The minimum atomic E-state index is -0.817. The van der Waals surface area contributed by atoms with Gasteiger partial charge in [-0.3, -0.25) is 0 Å². The molecule has 1 amide bonds. The molecule has 3 aromatic rings. The van der Waals surface area contributed by atoms with E-state index in [4.69, 9.17) is 5.73 Å². The average Bonchev–Trinajstić information content (AvgIpc) is 3.03. The summed E-state index contributed by atoms with van der Waals surface area (Å²) in [6.07, 6.45) is 3.40. The molecule has 0 radical (unpaired) electrons. The number of hydrogen-bond acceptors (Lipinski definition) is 6. The van der Waals surface area contributed by atoms with Crippen molar-refractivity contribution in [1.82, 2.24) is 20.2 Å². The van der Waals surface area contributed by atoms with E-state index in [1.165, 1.54) is 17.4 Å². The normalized spacial score (nSPS) is 12.0. The van der Waals surface area contributed by atoms with Gasteiger partial charge in [0.25, 0.3) is 0 Å². The summed E-state index contributed by atoms with van der Waals surface area (Å²) in [4.78, 5) is 20.2. The van der Waals surface area contributed by atoms with Crippen LogP contribution in [0.15, 0.2) is 36.7 Å². The van der Waals surface area contributed by atoms with Gasteiger partial charge in [-0.2, -0.15) is 0 Å². The Labute approximate surface area is 160 Å². The molecule has 6 nitrogen and oxygen atoms in total. The number of rotatable bonds is 6. The Balaban J connectivity index is 1.76. The van der Waals surface area contributed by atoms with Crippen LogP contribution in [0.2, 0.25) is 0 Å². The van der Waals surface area contributed by atoms with Crippen molar-refractivity contribution in [2.24, 2.45) is 5.73 Å². The number of thiazole rings is 1. The first-order chi connectivity index (χ1) is 12.3. The molecule has 3 heterocycles. The Morgan fingerprint density at radius 3 is 2.73 bits per heavy atom. The molecule has 3 rings (SSSR count). The van der Waals surface area contributed by atoms with Gasteiger partial charge in [-0.1, -0.05) is 0 Å². The molecule has 9 heteroatoms. The topological polar surface area (TPSA) is 94.7 Å². The third kappa shape index (κ3) is 4.31. The van der Waals surface area contributed by atoms with Gasteiger partial charge in [-0.15, -0.1) is 0 Å². The number of nitrogens with zero attached hydrogens (tertiary/aromatic N) is 4. The molecule has 134 valence electrons. The van der Waals surface area contributed by atoms with Crippen LogP contribution in [0.4, 0.5) is 4.39 Å². The Bertz CT molecular complexity index is 929. The molecular formula is C17H17AsFN5OS. The summed E-state index contributed by atoms with van der Waals surface area (Å²) in [7, 11) is 0. The second-order valence-electron chi connectivity index (χ2n) is 6.16. The molecule has 0 saturated carbocycles. The summed E-state index contributed by atoms with van der Waals surface area (Å²) >= 11 is 0.551. The van der Waals surface area contributed by atoms with E-state index in [1.807, 2.05) is 26.0 Å². The third-order valence-corrected chi connectivity index (χ3v) is 7.50. The number of amides is 1. The first-order valence-electron chi connectivity index (χ1n) is 7.81. The SMILES string of the molecule is CC(C)([AsH]c1ccc(-c2ncc(CC(N)=O)s2)nn1)c1ncccc1F. The number of nitrogens with two attached hydrogens (primary N) is 1. The van der Waals surface area contributed by atoms with Crippen molar-refractivity contribution in [3.8, 4) is 10.7 Å².